The standard InChI is InChI=1S/C27H29N3O5/c1-4-16-30(17-6-7-24(31)34-5-2)26(32)19(3)18-20-8-10-22(11-9-20)27(33)35-23-14-12-21(13-15-23)25(28)29/h4,6-15,18H,1,5,16-17H2,2-3H3,(H3,28,29)/b7-6+,19-18+. The molecule has 2 aromatic rings. The van der Waals surface area contributed by atoms with Gasteiger partial charge in [-0.3, -0.25) is 10.2 Å². The fourth-order valence-electron chi connectivity index (χ4n) is 3.01. The summed E-state index contributed by atoms with van der Waals surface area (Å²) in [4.78, 5) is 38.3. The van der Waals surface area contributed by atoms with Crippen LogP contribution in [0.5, 0.6) is 5.75 Å². The lowest BCUT2D eigenvalue weighted by atomic mass is 10.1. The van der Waals surface area contributed by atoms with Crippen molar-refractivity contribution in [1.82, 2.24) is 4.90 Å². The maximum Gasteiger partial charge on any atom is 0.343 e. The fourth-order valence-corrected chi connectivity index (χ4v) is 3.01. The predicted molar refractivity (Wildman–Crippen MR) is 135 cm³/mol. The fraction of sp³-hybridized carbons (Fsp3) is 0.185. The van der Waals surface area contributed by atoms with E-state index in [0.29, 0.717) is 29.0 Å². The zero-order chi connectivity index (χ0) is 25.8. The Hall–Kier alpha value is -4.46. The highest BCUT2D eigenvalue weighted by molar-refractivity contribution is 5.98. The summed E-state index contributed by atoms with van der Waals surface area (Å²) in [5, 5.41) is 7.40. The summed E-state index contributed by atoms with van der Waals surface area (Å²) in [5.41, 5.74) is 7.52. The zero-order valence-electron chi connectivity index (χ0n) is 19.8. The maximum absolute atomic E-state index is 12.8. The highest BCUT2D eigenvalue weighted by atomic mass is 16.5. The lowest BCUT2D eigenvalue weighted by Gasteiger charge is -2.19. The molecule has 0 aliphatic rings. The van der Waals surface area contributed by atoms with Crippen molar-refractivity contribution in [3.8, 4) is 5.75 Å². The minimum atomic E-state index is -0.533. The van der Waals surface area contributed by atoms with Gasteiger partial charge in [0.2, 0.25) is 5.91 Å². The van der Waals surface area contributed by atoms with Crippen molar-refractivity contribution >= 4 is 29.8 Å². The van der Waals surface area contributed by atoms with Gasteiger partial charge in [-0.25, -0.2) is 9.59 Å². The van der Waals surface area contributed by atoms with Gasteiger partial charge in [0.05, 0.1) is 12.2 Å². The number of nitrogen functional groups attached to an aromatic ring is 1. The van der Waals surface area contributed by atoms with Crippen LogP contribution >= 0.6 is 0 Å². The summed E-state index contributed by atoms with van der Waals surface area (Å²) >= 11 is 0. The minimum absolute atomic E-state index is 0.0685. The van der Waals surface area contributed by atoms with Gasteiger partial charge in [0.15, 0.2) is 0 Å². The highest BCUT2D eigenvalue weighted by Gasteiger charge is 2.14. The van der Waals surface area contributed by atoms with Crippen molar-refractivity contribution in [2.75, 3.05) is 19.7 Å². The van der Waals surface area contributed by atoms with Crippen molar-refractivity contribution in [2.24, 2.45) is 5.73 Å². The summed E-state index contributed by atoms with van der Waals surface area (Å²) in [7, 11) is 0. The summed E-state index contributed by atoms with van der Waals surface area (Å²) < 4.78 is 10.2. The molecule has 3 N–H and O–H groups in total. The van der Waals surface area contributed by atoms with Gasteiger partial charge in [-0.1, -0.05) is 24.3 Å². The van der Waals surface area contributed by atoms with Crippen LogP contribution in [-0.4, -0.2) is 48.3 Å². The van der Waals surface area contributed by atoms with Crippen molar-refractivity contribution < 1.29 is 23.9 Å². The molecule has 2 aromatic carbocycles. The molecule has 0 unspecified atom stereocenters. The van der Waals surface area contributed by atoms with E-state index in [1.807, 2.05) is 0 Å². The van der Waals surface area contributed by atoms with Crippen molar-refractivity contribution in [3.63, 3.8) is 0 Å². The molecule has 0 aromatic heterocycles. The van der Waals surface area contributed by atoms with Gasteiger partial charge in [0.1, 0.15) is 11.6 Å². The first-order chi connectivity index (χ1) is 16.7. The molecular formula is C27H29N3O5. The number of hydrogen-bond donors (Lipinski definition) is 2. The lowest BCUT2D eigenvalue weighted by Crippen LogP contribution is -2.32. The molecule has 0 atom stereocenters. The van der Waals surface area contributed by atoms with Gasteiger partial charge in [-0.2, -0.15) is 0 Å². The summed E-state index contributed by atoms with van der Waals surface area (Å²) in [5.74, 6) is -0.936. The van der Waals surface area contributed by atoms with Crippen LogP contribution in [0.25, 0.3) is 6.08 Å². The molecule has 1 amide bonds. The molecule has 0 saturated carbocycles. The van der Waals surface area contributed by atoms with Crippen molar-refractivity contribution in [2.45, 2.75) is 13.8 Å². The number of carbonyl (C=O) groups is 3. The normalized spacial score (nSPS) is 11.1. The number of nitrogens with zero attached hydrogens (tertiary/aromatic N) is 1. The number of hydrogen-bond acceptors (Lipinski definition) is 6. The average molecular weight is 476 g/mol. The topological polar surface area (TPSA) is 123 Å². The third-order valence-corrected chi connectivity index (χ3v) is 4.75. The van der Waals surface area contributed by atoms with Crippen molar-refractivity contribution in [1.29, 1.82) is 5.41 Å². The predicted octanol–water partition coefficient (Wildman–Crippen LogP) is 3.73. The Balaban J connectivity index is 2.04. The number of carbonyl (C=O) groups excluding carboxylic acids is 3. The smallest absolute Gasteiger partial charge is 0.343 e. The van der Waals surface area contributed by atoms with Gasteiger partial charge in [0, 0.05) is 30.3 Å². The monoisotopic (exact) mass is 475 g/mol. The number of benzene rings is 2. The maximum atomic E-state index is 12.8. The molecule has 0 spiro atoms. The number of nitrogens with two attached hydrogens (primary N) is 1. The molecule has 2 rings (SSSR count). The van der Waals surface area contributed by atoms with E-state index in [1.165, 1.54) is 11.0 Å². The Morgan fingerprint density at radius 3 is 2.23 bits per heavy atom. The Morgan fingerprint density at radius 1 is 1.03 bits per heavy atom. The second-order valence-corrected chi connectivity index (χ2v) is 7.43. The van der Waals surface area contributed by atoms with Crippen LogP contribution in [0.3, 0.4) is 0 Å². The molecular weight excluding hydrogens is 446 g/mol. The van der Waals surface area contributed by atoms with Gasteiger partial charge < -0.3 is 20.1 Å². The van der Waals surface area contributed by atoms with Gasteiger partial charge >= 0.3 is 11.9 Å². The third-order valence-electron chi connectivity index (χ3n) is 4.75. The van der Waals surface area contributed by atoms with E-state index < -0.39 is 11.9 Å². The molecule has 0 heterocycles. The summed E-state index contributed by atoms with van der Waals surface area (Å²) in [6.45, 7) is 7.92. The quantitative estimate of drug-likeness (QED) is 0.128. The molecule has 0 saturated heterocycles. The number of rotatable bonds is 11. The van der Waals surface area contributed by atoms with E-state index in [9.17, 15) is 14.4 Å². The van der Waals surface area contributed by atoms with E-state index in [2.05, 4.69) is 6.58 Å². The van der Waals surface area contributed by atoms with Gasteiger partial charge in [-0.05, 0) is 61.9 Å². The molecule has 0 radical (unpaired) electrons. The minimum Gasteiger partial charge on any atom is -0.463 e. The van der Waals surface area contributed by atoms with Gasteiger partial charge in [-0.15, -0.1) is 6.58 Å². The molecule has 0 bridgehead atoms. The first kappa shape index (κ1) is 26.8. The Kier molecular flexibility index (Phi) is 10.2. The van der Waals surface area contributed by atoms with Crippen LogP contribution in [0.1, 0.15) is 35.3 Å². The van der Waals surface area contributed by atoms with E-state index in [-0.39, 0.29) is 24.9 Å². The number of esters is 2. The molecule has 8 heteroatoms. The first-order valence-electron chi connectivity index (χ1n) is 10.9. The van der Waals surface area contributed by atoms with E-state index in [0.717, 1.165) is 5.56 Å². The molecule has 0 aliphatic heterocycles. The third kappa shape index (κ3) is 8.43. The van der Waals surface area contributed by atoms with Crippen molar-refractivity contribution in [3.05, 3.63) is 95.6 Å². The van der Waals surface area contributed by atoms with Crippen LogP contribution in [0.4, 0.5) is 0 Å². The van der Waals surface area contributed by atoms with Crippen LogP contribution in [-0.2, 0) is 14.3 Å². The number of ether oxygens (including phenoxy) is 2. The molecule has 35 heavy (non-hydrogen) atoms. The molecule has 182 valence electrons. The van der Waals surface area contributed by atoms with Gasteiger partial charge in [0.25, 0.3) is 0 Å². The lowest BCUT2D eigenvalue weighted by molar-refractivity contribution is -0.137. The molecule has 0 aliphatic carbocycles. The van der Waals surface area contributed by atoms with Crippen LogP contribution < -0.4 is 10.5 Å². The molecule has 8 nitrogen and oxygen atoms in total. The number of amidine groups is 1. The van der Waals surface area contributed by atoms with Crippen LogP contribution in [0.15, 0.2) is 78.9 Å². The van der Waals surface area contributed by atoms with E-state index >= 15 is 0 Å². The Morgan fingerprint density at radius 2 is 1.66 bits per heavy atom. The second kappa shape index (κ2) is 13.3. The first-order valence-corrected chi connectivity index (χ1v) is 10.9. The summed E-state index contributed by atoms with van der Waals surface area (Å²) in [6.07, 6.45) is 6.18. The Labute approximate surface area is 204 Å². The largest absolute Gasteiger partial charge is 0.463 e. The van der Waals surface area contributed by atoms with E-state index in [4.69, 9.17) is 20.6 Å². The second-order valence-electron chi connectivity index (χ2n) is 7.43. The summed E-state index contributed by atoms with van der Waals surface area (Å²) in [6, 6.07) is 13.0. The number of amides is 1. The molecule has 0 fully saturated rings. The van der Waals surface area contributed by atoms with Crippen LogP contribution in [0.2, 0.25) is 0 Å². The average Bonchev–Trinajstić information content (AvgIpc) is 2.84. The zero-order valence-corrected chi connectivity index (χ0v) is 19.8. The number of nitrogens with one attached hydrogen (secondary N) is 1. The van der Waals surface area contributed by atoms with Crippen LogP contribution in [0, 0.1) is 5.41 Å². The highest BCUT2D eigenvalue weighted by Crippen LogP contribution is 2.16. The Bertz CT molecular complexity index is 1130. The van der Waals surface area contributed by atoms with E-state index in [1.54, 1.807) is 80.6 Å². The SMILES string of the molecule is C=CCN(C/C=C/C(=O)OCC)C(=O)/C(C)=C/c1ccc(C(=O)Oc2ccc(C(=N)N)cc2)cc1.